The van der Waals surface area contributed by atoms with Crippen LogP contribution in [0.25, 0.3) is 27.7 Å². The molecule has 1 N–H and O–H groups in total. The maximum Gasteiger partial charge on any atom is 0.327 e. The molecule has 6 rings (SSSR count). The molecule has 0 bridgehead atoms. The normalized spacial score (nSPS) is 17.7. The second-order valence-electron chi connectivity index (χ2n) is 12.1. The zero-order valence-electron chi connectivity index (χ0n) is 24.7. The van der Waals surface area contributed by atoms with E-state index in [0.29, 0.717) is 39.4 Å². The van der Waals surface area contributed by atoms with Gasteiger partial charge in [0.1, 0.15) is 30.8 Å². The molecule has 5 aromatic rings. The van der Waals surface area contributed by atoms with E-state index in [4.69, 9.17) is 16.3 Å². The van der Waals surface area contributed by atoms with Gasteiger partial charge in [0.25, 0.3) is 5.56 Å². The Balaban J connectivity index is 1.45. The third kappa shape index (κ3) is 5.42. The maximum atomic E-state index is 13.7. The van der Waals surface area contributed by atoms with Crippen molar-refractivity contribution in [3.8, 4) is 16.8 Å². The first kappa shape index (κ1) is 29.9. The fraction of sp³-hybridized carbons (Fsp3) is 0.281. The number of carboxylic acid groups (broad SMARTS) is 1. The monoisotopic (exact) mass is 628 g/mol. The van der Waals surface area contributed by atoms with Crippen LogP contribution in [0.1, 0.15) is 44.5 Å². The number of aliphatic carboxylic acids is 1. The van der Waals surface area contributed by atoms with Gasteiger partial charge in [0.2, 0.25) is 0 Å². The Labute approximate surface area is 261 Å². The fourth-order valence-electron chi connectivity index (χ4n) is 6.32. The van der Waals surface area contributed by atoms with Crippen LogP contribution in [0.15, 0.2) is 71.9 Å². The van der Waals surface area contributed by atoms with Crippen molar-refractivity contribution in [2.75, 3.05) is 0 Å². The van der Waals surface area contributed by atoms with Crippen LogP contribution in [0.4, 0.5) is 0 Å². The molecule has 2 aromatic carbocycles. The lowest BCUT2D eigenvalue weighted by Gasteiger charge is -2.32. The standard InChI is InChI=1S/C32H29ClN6O6/c1-31(2,3)45-28(42)17-37-10-8-19-12-21(4-6-25(19)37)32(9-11-40)16-23-13-20(14-27(41)39(23)29(32)30(43)44)24-15-22(33)5-7-26(24)38-18-34-35-36-38/h4-8,10-15,18,29H,9,16-17H2,1-3H3,(H,43,44)/t29-,32?/m1/s1. The molecule has 0 amide bonds. The van der Waals surface area contributed by atoms with Crippen LogP contribution in [0.5, 0.6) is 0 Å². The van der Waals surface area contributed by atoms with Gasteiger partial charge in [-0.15, -0.1) is 5.10 Å². The van der Waals surface area contributed by atoms with Crippen molar-refractivity contribution in [1.29, 1.82) is 0 Å². The first-order valence-corrected chi connectivity index (χ1v) is 14.5. The summed E-state index contributed by atoms with van der Waals surface area (Å²) in [6.07, 6.45) is 3.83. The third-order valence-corrected chi connectivity index (χ3v) is 8.27. The molecule has 0 saturated carbocycles. The molecule has 13 heteroatoms. The van der Waals surface area contributed by atoms with Crippen molar-refractivity contribution in [2.45, 2.75) is 57.2 Å². The molecule has 12 nitrogen and oxygen atoms in total. The number of rotatable bonds is 8. The highest BCUT2D eigenvalue weighted by atomic mass is 35.5. The molecule has 2 atom stereocenters. The minimum absolute atomic E-state index is 0.00287. The Morgan fingerprint density at radius 3 is 2.62 bits per heavy atom. The predicted octanol–water partition coefficient (Wildman–Crippen LogP) is 4.15. The van der Waals surface area contributed by atoms with Crippen molar-refractivity contribution in [1.82, 2.24) is 29.3 Å². The SMILES string of the molecule is CC(C)(C)OC(=O)Cn1ccc2cc(C3(CC=O)Cc4cc(-c5cc(Cl)ccc5-n5cnnn5)cc(=O)n4[C@@H]3C(=O)O)ccc21. The summed E-state index contributed by atoms with van der Waals surface area (Å²) in [6, 6.07) is 14.0. The minimum Gasteiger partial charge on any atom is -0.480 e. The van der Waals surface area contributed by atoms with Gasteiger partial charge >= 0.3 is 11.9 Å². The van der Waals surface area contributed by atoms with E-state index in [-0.39, 0.29) is 19.4 Å². The minimum atomic E-state index is -1.35. The Kier molecular flexibility index (Phi) is 7.40. The van der Waals surface area contributed by atoms with E-state index >= 15 is 0 Å². The first-order valence-electron chi connectivity index (χ1n) is 14.2. The van der Waals surface area contributed by atoms with Crippen LogP contribution < -0.4 is 5.56 Å². The molecule has 3 aromatic heterocycles. The zero-order valence-corrected chi connectivity index (χ0v) is 25.4. The Bertz CT molecular complexity index is 2030. The number of halogens is 1. The van der Waals surface area contributed by atoms with Crippen LogP contribution in [-0.4, -0.2) is 58.3 Å². The number of carbonyl (C=O) groups excluding carboxylic acids is 2. The molecule has 0 aliphatic carbocycles. The fourth-order valence-corrected chi connectivity index (χ4v) is 6.49. The maximum absolute atomic E-state index is 13.7. The lowest BCUT2D eigenvalue weighted by Crippen LogP contribution is -2.40. The second kappa shape index (κ2) is 11.1. The van der Waals surface area contributed by atoms with Crippen molar-refractivity contribution >= 4 is 40.7 Å². The molecule has 45 heavy (non-hydrogen) atoms. The Hall–Kier alpha value is -5.10. The molecular weight excluding hydrogens is 600 g/mol. The average Bonchev–Trinajstić information content (AvgIpc) is 3.70. The van der Waals surface area contributed by atoms with Crippen molar-refractivity contribution in [3.63, 3.8) is 0 Å². The van der Waals surface area contributed by atoms with Crippen LogP contribution in [0.3, 0.4) is 0 Å². The van der Waals surface area contributed by atoms with Gasteiger partial charge in [-0.05, 0) is 90.2 Å². The molecular formula is C32H29ClN6O6. The summed E-state index contributed by atoms with van der Waals surface area (Å²) < 4.78 is 9.91. The molecule has 1 unspecified atom stereocenters. The molecule has 0 spiro atoms. The number of ether oxygens (including phenoxy) is 1. The molecule has 0 radical (unpaired) electrons. The Morgan fingerprint density at radius 1 is 1.13 bits per heavy atom. The molecule has 1 aliphatic rings. The van der Waals surface area contributed by atoms with Crippen LogP contribution >= 0.6 is 11.6 Å². The number of hydrogen-bond acceptors (Lipinski definition) is 8. The molecule has 4 heterocycles. The average molecular weight is 629 g/mol. The summed E-state index contributed by atoms with van der Waals surface area (Å²) in [5, 5.41) is 23.1. The summed E-state index contributed by atoms with van der Waals surface area (Å²) in [5.41, 5.74) is 1.01. The summed E-state index contributed by atoms with van der Waals surface area (Å²) in [6.45, 7) is 5.39. The predicted molar refractivity (Wildman–Crippen MR) is 164 cm³/mol. The number of aromatic nitrogens is 6. The van der Waals surface area contributed by atoms with Gasteiger partial charge in [0.05, 0.1) is 5.69 Å². The van der Waals surface area contributed by atoms with E-state index in [1.807, 2.05) is 12.1 Å². The molecule has 0 fully saturated rings. The highest BCUT2D eigenvalue weighted by Crippen LogP contribution is 2.48. The van der Waals surface area contributed by atoms with Crippen LogP contribution in [0.2, 0.25) is 5.02 Å². The number of benzene rings is 2. The number of fused-ring (bicyclic) bond motifs is 2. The number of carboxylic acids is 1. The third-order valence-electron chi connectivity index (χ3n) is 8.04. The van der Waals surface area contributed by atoms with E-state index in [1.165, 1.54) is 21.6 Å². The smallest absolute Gasteiger partial charge is 0.327 e. The Morgan fingerprint density at radius 2 is 1.93 bits per heavy atom. The highest BCUT2D eigenvalue weighted by Gasteiger charge is 2.52. The number of nitrogens with zero attached hydrogens (tertiary/aromatic N) is 6. The second-order valence-corrected chi connectivity index (χ2v) is 12.5. The zero-order chi connectivity index (χ0) is 32.1. The molecule has 1 aliphatic heterocycles. The van der Waals surface area contributed by atoms with E-state index in [2.05, 4.69) is 15.5 Å². The van der Waals surface area contributed by atoms with Gasteiger partial charge in [0.15, 0.2) is 0 Å². The van der Waals surface area contributed by atoms with Gasteiger partial charge in [-0.2, -0.15) is 4.68 Å². The number of esters is 1. The summed E-state index contributed by atoms with van der Waals surface area (Å²) >= 11 is 6.33. The van der Waals surface area contributed by atoms with Gasteiger partial charge < -0.3 is 19.2 Å². The topological polar surface area (TPSA) is 151 Å². The number of carbonyl (C=O) groups is 3. The van der Waals surface area contributed by atoms with Gasteiger partial charge in [-0.25, -0.2) is 4.79 Å². The van der Waals surface area contributed by atoms with E-state index in [1.54, 1.807) is 67.9 Å². The van der Waals surface area contributed by atoms with Gasteiger partial charge in [-0.3, -0.25) is 14.2 Å². The summed E-state index contributed by atoms with van der Waals surface area (Å²) in [4.78, 5) is 51.3. The van der Waals surface area contributed by atoms with Crippen molar-refractivity contribution in [3.05, 3.63) is 93.8 Å². The van der Waals surface area contributed by atoms with E-state index < -0.39 is 34.6 Å². The molecule has 0 saturated heterocycles. The van der Waals surface area contributed by atoms with Crippen LogP contribution in [0, 0.1) is 0 Å². The summed E-state index contributed by atoms with van der Waals surface area (Å²) in [7, 11) is 0. The lowest BCUT2D eigenvalue weighted by molar-refractivity contribution is -0.155. The largest absolute Gasteiger partial charge is 0.480 e. The van der Waals surface area contributed by atoms with Crippen LogP contribution in [-0.2, 0) is 37.5 Å². The number of pyridine rings is 1. The van der Waals surface area contributed by atoms with Crippen molar-refractivity contribution in [2.24, 2.45) is 0 Å². The van der Waals surface area contributed by atoms with E-state index in [9.17, 15) is 24.3 Å². The summed E-state index contributed by atoms with van der Waals surface area (Å²) in [5.74, 6) is -1.62. The van der Waals surface area contributed by atoms with Gasteiger partial charge in [0, 0.05) is 52.3 Å². The molecule has 230 valence electrons. The highest BCUT2D eigenvalue weighted by molar-refractivity contribution is 6.31. The number of hydrogen-bond donors (Lipinski definition) is 1. The quantitative estimate of drug-likeness (QED) is 0.197. The number of tetrazole rings is 1. The number of aldehydes is 1. The van der Waals surface area contributed by atoms with Crippen molar-refractivity contribution < 1.29 is 24.2 Å². The lowest BCUT2D eigenvalue weighted by atomic mass is 9.71. The first-order chi connectivity index (χ1) is 21.4. The van der Waals surface area contributed by atoms with E-state index in [0.717, 1.165) is 10.9 Å². The van der Waals surface area contributed by atoms with Gasteiger partial charge in [-0.1, -0.05) is 17.7 Å².